The van der Waals surface area contributed by atoms with Crippen LogP contribution in [0.2, 0.25) is 0 Å². The lowest BCUT2D eigenvalue weighted by molar-refractivity contribution is -0.114. The SMILES string of the molecule is Cc1ccc(/C=C/C(=O)N2CC(C)Oc3ccccc32)cc1. The third-order valence-corrected chi connectivity index (χ3v) is 3.69. The van der Waals surface area contributed by atoms with Crippen LogP contribution >= 0.6 is 0 Å². The summed E-state index contributed by atoms with van der Waals surface area (Å²) < 4.78 is 5.77. The van der Waals surface area contributed by atoms with Gasteiger partial charge in [0, 0.05) is 6.08 Å². The zero-order chi connectivity index (χ0) is 15.5. The van der Waals surface area contributed by atoms with Crippen LogP contribution < -0.4 is 9.64 Å². The number of carbonyl (C=O) groups is 1. The Labute approximate surface area is 130 Å². The number of ether oxygens (including phenoxy) is 1. The van der Waals surface area contributed by atoms with Crippen molar-refractivity contribution in [2.24, 2.45) is 0 Å². The predicted octanol–water partition coefficient (Wildman–Crippen LogP) is 3.82. The van der Waals surface area contributed by atoms with Gasteiger partial charge in [0.25, 0.3) is 5.91 Å². The van der Waals surface area contributed by atoms with Crippen LogP contribution in [0.25, 0.3) is 6.08 Å². The van der Waals surface area contributed by atoms with Crippen LogP contribution in [-0.4, -0.2) is 18.6 Å². The predicted molar refractivity (Wildman–Crippen MR) is 89.1 cm³/mol. The zero-order valence-corrected chi connectivity index (χ0v) is 12.8. The molecule has 1 unspecified atom stereocenters. The molecule has 1 atom stereocenters. The first-order chi connectivity index (χ1) is 10.6. The Kier molecular flexibility index (Phi) is 3.96. The molecule has 0 aromatic heterocycles. The van der Waals surface area contributed by atoms with Crippen LogP contribution in [0, 0.1) is 6.92 Å². The Morgan fingerprint density at radius 2 is 1.91 bits per heavy atom. The van der Waals surface area contributed by atoms with Gasteiger partial charge in [-0.15, -0.1) is 0 Å². The topological polar surface area (TPSA) is 29.5 Å². The third-order valence-electron chi connectivity index (χ3n) is 3.69. The van der Waals surface area contributed by atoms with Gasteiger partial charge in [0.15, 0.2) is 0 Å². The van der Waals surface area contributed by atoms with Crippen LogP contribution in [-0.2, 0) is 4.79 Å². The number of rotatable bonds is 2. The molecule has 2 aromatic rings. The third kappa shape index (κ3) is 3.03. The number of anilines is 1. The van der Waals surface area contributed by atoms with E-state index in [-0.39, 0.29) is 12.0 Å². The van der Waals surface area contributed by atoms with Crippen molar-refractivity contribution in [3.63, 3.8) is 0 Å². The maximum atomic E-state index is 12.5. The van der Waals surface area contributed by atoms with Gasteiger partial charge in [-0.3, -0.25) is 4.79 Å². The average molecular weight is 293 g/mol. The standard InChI is InChI=1S/C19H19NO2/c1-14-7-9-16(10-8-14)11-12-19(21)20-13-15(2)22-18-6-4-3-5-17(18)20/h3-12,15H,13H2,1-2H3/b12-11+. The molecular formula is C19H19NO2. The Morgan fingerprint density at radius 3 is 2.68 bits per heavy atom. The first kappa shape index (κ1) is 14.4. The molecule has 2 aromatic carbocycles. The summed E-state index contributed by atoms with van der Waals surface area (Å²) in [5, 5.41) is 0. The summed E-state index contributed by atoms with van der Waals surface area (Å²) in [6.45, 7) is 4.58. The van der Waals surface area contributed by atoms with Gasteiger partial charge in [0.1, 0.15) is 11.9 Å². The number of fused-ring (bicyclic) bond motifs is 1. The van der Waals surface area contributed by atoms with Crippen LogP contribution in [0.3, 0.4) is 0 Å². The average Bonchev–Trinajstić information content (AvgIpc) is 2.53. The van der Waals surface area contributed by atoms with Crippen molar-refractivity contribution in [3.05, 3.63) is 65.7 Å². The number of hydrogen-bond acceptors (Lipinski definition) is 2. The van der Waals surface area contributed by atoms with Gasteiger partial charge in [-0.25, -0.2) is 0 Å². The zero-order valence-electron chi connectivity index (χ0n) is 12.8. The van der Waals surface area contributed by atoms with E-state index in [1.54, 1.807) is 11.0 Å². The van der Waals surface area contributed by atoms with Gasteiger partial charge < -0.3 is 9.64 Å². The van der Waals surface area contributed by atoms with E-state index in [2.05, 4.69) is 0 Å². The van der Waals surface area contributed by atoms with Crippen molar-refractivity contribution in [1.82, 2.24) is 0 Å². The highest BCUT2D eigenvalue weighted by molar-refractivity contribution is 6.05. The summed E-state index contributed by atoms with van der Waals surface area (Å²) in [7, 11) is 0. The normalized spacial score (nSPS) is 17.2. The highest BCUT2D eigenvalue weighted by Crippen LogP contribution is 2.33. The van der Waals surface area contributed by atoms with E-state index in [1.807, 2.05) is 68.5 Å². The van der Waals surface area contributed by atoms with Crippen molar-refractivity contribution >= 4 is 17.7 Å². The van der Waals surface area contributed by atoms with Gasteiger partial charge in [-0.05, 0) is 37.6 Å². The number of carbonyl (C=O) groups excluding carboxylic acids is 1. The molecule has 0 fully saturated rings. The van der Waals surface area contributed by atoms with E-state index in [9.17, 15) is 4.79 Å². The largest absolute Gasteiger partial charge is 0.487 e. The van der Waals surface area contributed by atoms with Gasteiger partial charge in [0.2, 0.25) is 0 Å². The lowest BCUT2D eigenvalue weighted by Crippen LogP contribution is -2.41. The second-order valence-corrected chi connectivity index (χ2v) is 5.59. The fraction of sp³-hybridized carbons (Fsp3) is 0.211. The van der Waals surface area contributed by atoms with Crippen molar-refractivity contribution < 1.29 is 9.53 Å². The minimum Gasteiger partial charge on any atom is -0.487 e. The number of para-hydroxylation sites is 2. The van der Waals surface area contributed by atoms with Crippen LogP contribution in [0.1, 0.15) is 18.1 Å². The molecule has 0 radical (unpaired) electrons. The van der Waals surface area contributed by atoms with Crippen LogP contribution in [0.15, 0.2) is 54.6 Å². The second-order valence-electron chi connectivity index (χ2n) is 5.59. The number of hydrogen-bond donors (Lipinski definition) is 0. The highest BCUT2D eigenvalue weighted by Gasteiger charge is 2.25. The van der Waals surface area contributed by atoms with Crippen molar-refractivity contribution in [1.29, 1.82) is 0 Å². The number of nitrogens with zero attached hydrogens (tertiary/aromatic N) is 1. The Bertz CT molecular complexity index is 704. The molecule has 0 spiro atoms. The molecule has 3 rings (SSSR count). The fourth-order valence-corrected chi connectivity index (χ4v) is 2.53. The molecule has 22 heavy (non-hydrogen) atoms. The second kappa shape index (κ2) is 6.06. The molecule has 0 aliphatic carbocycles. The lowest BCUT2D eigenvalue weighted by atomic mass is 10.1. The molecule has 1 heterocycles. The highest BCUT2D eigenvalue weighted by atomic mass is 16.5. The van der Waals surface area contributed by atoms with E-state index in [1.165, 1.54) is 5.56 Å². The van der Waals surface area contributed by atoms with Crippen LogP contribution in [0.5, 0.6) is 5.75 Å². The molecule has 1 aliphatic rings. The van der Waals surface area contributed by atoms with E-state index in [4.69, 9.17) is 4.74 Å². The summed E-state index contributed by atoms with van der Waals surface area (Å²) >= 11 is 0. The molecule has 112 valence electrons. The van der Waals surface area contributed by atoms with Gasteiger partial charge in [0.05, 0.1) is 12.2 Å². The summed E-state index contributed by atoms with van der Waals surface area (Å²) in [6.07, 6.45) is 3.47. The van der Waals surface area contributed by atoms with E-state index >= 15 is 0 Å². The quantitative estimate of drug-likeness (QED) is 0.788. The molecule has 1 amide bonds. The monoisotopic (exact) mass is 293 g/mol. The van der Waals surface area contributed by atoms with Gasteiger partial charge >= 0.3 is 0 Å². The summed E-state index contributed by atoms with van der Waals surface area (Å²) in [5.74, 6) is 0.738. The Morgan fingerprint density at radius 1 is 1.18 bits per heavy atom. The molecule has 1 aliphatic heterocycles. The molecule has 3 heteroatoms. The minimum absolute atomic E-state index is 0.00775. The first-order valence-electron chi connectivity index (χ1n) is 7.45. The maximum absolute atomic E-state index is 12.5. The van der Waals surface area contributed by atoms with Crippen LogP contribution in [0.4, 0.5) is 5.69 Å². The van der Waals surface area contributed by atoms with E-state index in [0.717, 1.165) is 17.0 Å². The van der Waals surface area contributed by atoms with Gasteiger partial charge in [-0.1, -0.05) is 42.0 Å². The molecule has 0 bridgehead atoms. The Hall–Kier alpha value is -2.55. The van der Waals surface area contributed by atoms with Crippen molar-refractivity contribution in [3.8, 4) is 5.75 Å². The minimum atomic E-state index is -0.0248. The van der Waals surface area contributed by atoms with Gasteiger partial charge in [-0.2, -0.15) is 0 Å². The maximum Gasteiger partial charge on any atom is 0.251 e. The first-order valence-corrected chi connectivity index (χ1v) is 7.45. The van der Waals surface area contributed by atoms with Crippen molar-refractivity contribution in [2.75, 3.05) is 11.4 Å². The lowest BCUT2D eigenvalue weighted by Gasteiger charge is -2.32. The molecule has 3 nitrogen and oxygen atoms in total. The smallest absolute Gasteiger partial charge is 0.251 e. The molecule has 0 saturated carbocycles. The van der Waals surface area contributed by atoms with E-state index < -0.39 is 0 Å². The fourth-order valence-electron chi connectivity index (χ4n) is 2.53. The summed E-state index contributed by atoms with van der Waals surface area (Å²) in [6, 6.07) is 15.7. The number of aryl methyl sites for hydroxylation is 1. The van der Waals surface area contributed by atoms with Crippen molar-refractivity contribution in [2.45, 2.75) is 20.0 Å². The Balaban J connectivity index is 1.81. The number of benzene rings is 2. The summed E-state index contributed by atoms with van der Waals surface area (Å²) in [4.78, 5) is 14.3. The summed E-state index contributed by atoms with van der Waals surface area (Å²) in [5.41, 5.74) is 3.06. The number of amides is 1. The molecule has 0 saturated heterocycles. The molecular weight excluding hydrogens is 274 g/mol. The molecule has 0 N–H and O–H groups in total. The van der Waals surface area contributed by atoms with E-state index in [0.29, 0.717) is 6.54 Å².